The largest absolute Gasteiger partial charge is 0.508 e. The average Bonchev–Trinajstić information content (AvgIpc) is 3.03. The van der Waals surface area contributed by atoms with Crippen LogP contribution in [0.3, 0.4) is 0 Å². The molecular formula is C25H36O5. The minimum atomic E-state index is -1.13. The minimum Gasteiger partial charge on any atom is -0.508 e. The molecule has 0 bridgehead atoms. The van der Waals surface area contributed by atoms with Crippen LogP contribution in [-0.2, 0) is 11.2 Å². The summed E-state index contributed by atoms with van der Waals surface area (Å²) in [5, 5.41) is 28.3. The van der Waals surface area contributed by atoms with Crippen molar-refractivity contribution >= 4 is 6.16 Å². The van der Waals surface area contributed by atoms with Crippen LogP contribution >= 0.6 is 0 Å². The van der Waals surface area contributed by atoms with E-state index < -0.39 is 6.16 Å². The van der Waals surface area contributed by atoms with Crippen molar-refractivity contribution in [1.82, 2.24) is 0 Å². The third kappa shape index (κ3) is 4.18. The van der Waals surface area contributed by atoms with Gasteiger partial charge in [0, 0.05) is 0 Å². The quantitative estimate of drug-likeness (QED) is 0.517. The third-order valence-electron chi connectivity index (χ3n) is 8.48. The first-order chi connectivity index (χ1) is 14.4. The van der Waals surface area contributed by atoms with E-state index in [1.54, 1.807) is 0 Å². The van der Waals surface area contributed by atoms with Gasteiger partial charge >= 0.3 is 6.16 Å². The Labute approximate surface area is 179 Å². The predicted octanol–water partition coefficient (Wildman–Crippen LogP) is 5.62. The summed E-state index contributed by atoms with van der Waals surface area (Å²) in [7, 11) is 0. The molecule has 5 heteroatoms. The fourth-order valence-corrected chi connectivity index (χ4v) is 6.87. The number of carbonyl (C=O) groups is 1. The van der Waals surface area contributed by atoms with Crippen LogP contribution in [0.25, 0.3) is 0 Å². The van der Waals surface area contributed by atoms with Crippen LogP contribution in [0.4, 0.5) is 4.79 Å². The molecule has 166 valence electrons. The Bertz CT molecular complexity index is 756. The van der Waals surface area contributed by atoms with Gasteiger partial charge in [-0.3, -0.25) is 0 Å². The van der Waals surface area contributed by atoms with Gasteiger partial charge in [-0.1, -0.05) is 19.4 Å². The van der Waals surface area contributed by atoms with Crippen molar-refractivity contribution in [1.29, 1.82) is 0 Å². The maximum atomic E-state index is 10.4. The number of phenolic OH excluding ortho intramolecular Hbond substituents is 1. The summed E-state index contributed by atoms with van der Waals surface area (Å²) >= 11 is 0. The molecule has 5 atom stereocenters. The van der Waals surface area contributed by atoms with Gasteiger partial charge in [-0.25, -0.2) is 4.79 Å². The lowest BCUT2D eigenvalue weighted by Gasteiger charge is -2.50. The molecule has 0 amide bonds. The molecule has 4 aliphatic carbocycles. The number of rotatable bonds is 1. The average molecular weight is 417 g/mol. The summed E-state index contributed by atoms with van der Waals surface area (Å²) in [4.78, 5) is 10.0. The van der Waals surface area contributed by atoms with E-state index in [-0.39, 0.29) is 17.6 Å². The summed E-state index contributed by atoms with van der Waals surface area (Å²) in [6.45, 7) is 2.32. The molecule has 1 aromatic rings. The Kier molecular flexibility index (Phi) is 6.29. The standard InChI is InChI=1S/C18H24O2.C7H12O3/c1-18-9-8-14-13-5-3-12(19)10-11(13)2-4-15(14)16(18)6-7-17(18)20;8-7(9)10-6-4-2-1-3-5-6/h3,5,10,14-17,19-20H,2,4,6-9H2,1H3;6H,1-5H2,(H,8,9)/t14-,15-,16+,17?,18+;/m1./s1. The molecular weight excluding hydrogens is 380 g/mol. The second kappa shape index (κ2) is 8.78. The topological polar surface area (TPSA) is 87.0 Å². The summed E-state index contributed by atoms with van der Waals surface area (Å²) in [5.74, 6) is 2.49. The van der Waals surface area contributed by atoms with Gasteiger partial charge in [0.1, 0.15) is 11.9 Å². The van der Waals surface area contributed by atoms with Crippen LogP contribution in [0, 0.1) is 17.3 Å². The third-order valence-corrected chi connectivity index (χ3v) is 8.48. The predicted molar refractivity (Wildman–Crippen MR) is 115 cm³/mol. The van der Waals surface area contributed by atoms with Crippen LogP contribution in [0.1, 0.15) is 88.2 Å². The van der Waals surface area contributed by atoms with Crippen molar-refractivity contribution in [2.75, 3.05) is 0 Å². The number of aliphatic hydroxyl groups is 1. The van der Waals surface area contributed by atoms with Crippen molar-refractivity contribution in [3.63, 3.8) is 0 Å². The fraction of sp³-hybridized carbons (Fsp3) is 0.720. The molecule has 1 unspecified atom stereocenters. The van der Waals surface area contributed by atoms with Crippen LogP contribution in [0.2, 0.25) is 0 Å². The SMILES string of the molecule is C[C@]12CC[C@@H]3c4ccc(O)cc4CC[C@H]3[C@@H]1CCC2O.O=C(O)OC1CCCCC1. The number of aryl methyl sites for hydroxylation is 1. The molecule has 3 saturated carbocycles. The molecule has 5 rings (SSSR count). The van der Waals surface area contributed by atoms with Crippen LogP contribution in [0.15, 0.2) is 18.2 Å². The van der Waals surface area contributed by atoms with E-state index in [9.17, 15) is 15.0 Å². The molecule has 3 fully saturated rings. The maximum Gasteiger partial charge on any atom is 0.506 e. The summed E-state index contributed by atoms with van der Waals surface area (Å²) in [6.07, 6.45) is 10.9. The molecule has 0 spiro atoms. The molecule has 3 N–H and O–H groups in total. The summed E-state index contributed by atoms with van der Waals surface area (Å²) in [5.41, 5.74) is 2.99. The first-order valence-electron chi connectivity index (χ1n) is 11.8. The molecule has 0 heterocycles. The lowest BCUT2D eigenvalue weighted by Crippen LogP contribution is -2.43. The number of benzene rings is 1. The Balaban J connectivity index is 0.000000185. The van der Waals surface area contributed by atoms with E-state index in [0.29, 0.717) is 17.6 Å². The van der Waals surface area contributed by atoms with E-state index in [1.807, 2.05) is 12.1 Å². The van der Waals surface area contributed by atoms with Crippen molar-refractivity contribution < 1.29 is 24.9 Å². The summed E-state index contributed by atoms with van der Waals surface area (Å²) in [6, 6.07) is 5.96. The van der Waals surface area contributed by atoms with E-state index in [4.69, 9.17) is 5.11 Å². The van der Waals surface area contributed by atoms with Crippen molar-refractivity contribution in [3.05, 3.63) is 29.3 Å². The summed E-state index contributed by atoms with van der Waals surface area (Å²) < 4.78 is 4.61. The van der Waals surface area contributed by atoms with Crippen LogP contribution in [-0.4, -0.2) is 33.7 Å². The molecule has 0 aromatic heterocycles. The van der Waals surface area contributed by atoms with E-state index in [2.05, 4.69) is 17.7 Å². The molecule has 0 aliphatic heterocycles. The van der Waals surface area contributed by atoms with Gasteiger partial charge in [-0.15, -0.1) is 0 Å². The number of aromatic hydroxyl groups is 1. The first-order valence-corrected chi connectivity index (χ1v) is 11.8. The second-order valence-electron chi connectivity index (χ2n) is 10.1. The van der Waals surface area contributed by atoms with Gasteiger partial charge in [0.25, 0.3) is 0 Å². The molecule has 0 saturated heterocycles. The number of carboxylic acid groups (broad SMARTS) is 1. The highest BCUT2D eigenvalue weighted by Gasteiger charge is 2.54. The Morgan fingerprint density at radius 3 is 2.57 bits per heavy atom. The van der Waals surface area contributed by atoms with Gasteiger partial charge in [-0.05, 0) is 111 Å². The highest BCUT2D eigenvalue weighted by Crippen LogP contribution is 2.60. The fourth-order valence-electron chi connectivity index (χ4n) is 6.87. The lowest BCUT2D eigenvalue weighted by atomic mass is 9.55. The normalized spacial score (nSPS) is 35.3. The zero-order valence-corrected chi connectivity index (χ0v) is 18.1. The molecule has 1 aromatic carbocycles. The number of ether oxygens (including phenoxy) is 1. The Hall–Kier alpha value is -1.75. The molecule has 30 heavy (non-hydrogen) atoms. The molecule has 0 radical (unpaired) electrons. The van der Waals surface area contributed by atoms with Crippen molar-refractivity contribution in [3.8, 4) is 5.75 Å². The van der Waals surface area contributed by atoms with Gasteiger partial charge in [0.2, 0.25) is 0 Å². The highest BCUT2D eigenvalue weighted by atomic mass is 16.7. The number of hydrogen-bond acceptors (Lipinski definition) is 4. The zero-order valence-electron chi connectivity index (χ0n) is 18.1. The highest BCUT2D eigenvalue weighted by molar-refractivity contribution is 5.57. The Morgan fingerprint density at radius 1 is 1.07 bits per heavy atom. The smallest absolute Gasteiger partial charge is 0.506 e. The molecule has 5 nitrogen and oxygen atoms in total. The van der Waals surface area contributed by atoms with Gasteiger partial charge in [0.15, 0.2) is 0 Å². The Morgan fingerprint density at radius 2 is 1.83 bits per heavy atom. The van der Waals surface area contributed by atoms with E-state index in [0.717, 1.165) is 50.9 Å². The van der Waals surface area contributed by atoms with Gasteiger partial charge in [0.05, 0.1) is 6.10 Å². The van der Waals surface area contributed by atoms with Crippen molar-refractivity contribution in [2.45, 2.75) is 95.7 Å². The van der Waals surface area contributed by atoms with Crippen LogP contribution < -0.4 is 0 Å². The molecule has 4 aliphatic rings. The van der Waals surface area contributed by atoms with E-state index >= 15 is 0 Å². The minimum absolute atomic E-state index is 0.0220. The number of hydrogen-bond donors (Lipinski definition) is 3. The van der Waals surface area contributed by atoms with Crippen LogP contribution in [0.5, 0.6) is 5.75 Å². The lowest BCUT2D eigenvalue weighted by molar-refractivity contribution is -0.0226. The number of fused-ring (bicyclic) bond motifs is 5. The van der Waals surface area contributed by atoms with Gasteiger partial charge in [-0.2, -0.15) is 0 Å². The van der Waals surface area contributed by atoms with Gasteiger partial charge < -0.3 is 20.1 Å². The number of phenols is 1. The second-order valence-corrected chi connectivity index (χ2v) is 10.1. The first kappa shape index (κ1) is 21.5. The monoisotopic (exact) mass is 416 g/mol. The zero-order chi connectivity index (χ0) is 21.3. The maximum absolute atomic E-state index is 10.4. The van der Waals surface area contributed by atoms with Crippen molar-refractivity contribution in [2.24, 2.45) is 17.3 Å². The number of aliphatic hydroxyl groups excluding tert-OH is 1. The van der Waals surface area contributed by atoms with E-state index in [1.165, 1.54) is 36.8 Å².